The number of esters is 2. The molecule has 9 heteroatoms. The minimum absolute atomic E-state index is 0.0344. The van der Waals surface area contributed by atoms with Gasteiger partial charge in [-0.15, -0.1) is 0 Å². The number of rotatable bonds is 33. The zero-order valence-corrected chi connectivity index (χ0v) is 31.4. The van der Waals surface area contributed by atoms with Gasteiger partial charge in [0.1, 0.15) is 23.6 Å². The van der Waals surface area contributed by atoms with Crippen LogP contribution in [0.2, 0.25) is 0 Å². The van der Waals surface area contributed by atoms with E-state index in [0.29, 0.717) is 30.8 Å². The molecule has 0 radical (unpaired) electrons. The third kappa shape index (κ3) is 19.5. The van der Waals surface area contributed by atoms with Crippen LogP contribution in [0.3, 0.4) is 0 Å². The van der Waals surface area contributed by atoms with E-state index in [4.69, 9.17) is 9.47 Å². The highest BCUT2D eigenvalue weighted by Gasteiger charge is 2.19. The van der Waals surface area contributed by atoms with Gasteiger partial charge in [-0.05, 0) is 83.8 Å². The first-order valence-corrected chi connectivity index (χ1v) is 19.7. The molecule has 0 saturated heterocycles. The highest BCUT2D eigenvalue weighted by Crippen LogP contribution is 2.17. The van der Waals surface area contributed by atoms with Crippen molar-refractivity contribution in [2.24, 2.45) is 0 Å². The molecule has 0 heterocycles. The van der Waals surface area contributed by atoms with Crippen LogP contribution in [0.1, 0.15) is 169 Å². The SMILES string of the molecule is CCCCCC(CCCC)OC(=O)CCCCCCCN(CCCCCC(=O)OC(CC)CCCC)CCCNc1c(NC)c(=O)c1=O. The van der Waals surface area contributed by atoms with E-state index in [9.17, 15) is 19.2 Å². The molecule has 1 aromatic carbocycles. The summed E-state index contributed by atoms with van der Waals surface area (Å²) in [5.41, 5.74) is -0.116. The summed E-state index contributed by atoms with van der Waals surface area (Å²) in [6.45, 7) is 12.1. The second kappa shape index (κ2) is 28.4. The van der Waals surface area contributed by atoms with E-state index in [-0.39, 0.29) is 24.1 Å². The van der Waals surface area contributed by atoms with Crippen LogP contribution in [0, 0.1) is 0 Å². The van der Waals surface area contributed by atoms with Crippen molar-refractivity contribution in [2.75, 3.05) is 43.9 Å². The summed E-state index contributed by atoms with van der Waals surface area (Å²) in [7, 11) is 1.66. The molecule has 1 aromatic rings. The molecular formula is C39H71N3O6. The Kier molecular flexibility index (Phi) is 25.8. The Labute approximate surface area is 292 Å². The molecule has 48 heavy (non-hydrogen) atoms. The third-order valence-corrected chi connectivity index (χ3v) is 9.26. The lowest BCUT2D eigenvalue weighted by molar-refractivity contribution is -0.150. The van der Waals surface area contributed by atoms with Crippen molar-refractivity contribution in [3.8, 4) is 0 Å². The van der Waals surface area contributed by atoms with Gasteiger partial charge in [0.15, 0.2) is 0 Å². The van der Waals surface area contributed by atoms with Crippen LogP contribution in [-0.4, -0.2) is 62.3 Å². The number of hydrogen-bond acceptors (Lipinski definition) is 9. The average Bonchev–Trinajstić information content (AvgIpc) is 3.08. The van der Waals surface area contributed by atoms with E-state index in [0.717, 1.165) is 135 Å². The fraction of sp³-hybridized carbons (Fsp3) is 0.846. The summed E-state index contributed by atoms with van der Waals surface area (Å²) in [4.78, 5) is 50.8. The predicted molar refractivity (Wildman–Crippen MR) is 200 cm³/mol. The van der Waals surface area contributed by atoms with Gasteiger partial charge in [-0.1, -0.05) is 91.9 Å². The molecule has 0 fully saturated rings. The maximum absolute atomic E-state index is 12.5. The van der Waals surface area contributed by atoms with Crippen LogP contribution in [0.4, 0.5) is 11.4 Å². The maximum atomic E-state index is 12.5. The van der Waals surface area contributed by atoms with Crippen molar-refractivity contribution in [3.63, 3.8) is 0 Å². The van der Waals surface area contributed by atoms with E-state index < -0.39 is 10.9 Å². The predicted octanol–water partition coefficient (Wildman–Crippen LogP) is 8.52. The maximum Gasteiger partial charge on any atom is 0.306 e. The molecule has 278 valence electrons. The van der Waals surface area contributed by atoms with Crippen LogP contribution in [0.5, 0.6) is 0 Å². The summed E-state index contributed by atoms with van der Waals surface area (Å²) in [6, 6.07) is 0. The van der Waals surface area contributed by atoms with E-state index in [1.165, 1.54) is 12.8 Å². The first-order valence-electron chi connectivity index (χ1n) is 19.7. The Balaban J connectivity index is 2.40. The first kappa shape index (κ1) is 43.6. The smallest absolute Gasteiger partial charge is 0.306 e. The van der Waals surface area contributed by atoms with E-state index in [1.807, 2.05) is 0 Å². The Bertz CT molecular complexity index is 1040. The zero-order chi connectivity index (χ0) is 35.4. The van der Waals surface area contributed by atoms with E-state index in [2.05, 4.69) is 43.2 Å². The molecule has 0 aliphatic carbocycles. The Morgan fingerprint density at radius 1 is 0.583 bits per heavy atom. The van der Waals surface area contributed by atoms with Crippen LogP contribution < -0.4 is 21.5 Å². The number of nitrogens with one attached hydrogen (secondary N) is 2. The molecule has 0 aliphatic heterocycles. The minimum Gasteiger partial charge on any atom is -0.462 e. The van der Waals surface area contributed by atoms with Crippen molar-refractivity contribution in [1.29, 1.82) is 0 Å². The van der Waals surface area contributed by atoms with Gasteiger partial charge in [0.25, 0.3) is 10.9 Å². The summed E-state index contributed by atoms with van der Waals surface area (Å²) in [6.07, 6.45) is 21.8. The third-order valence-electron chi connectivity index (χ3n) is 9.26. The Morgan fingerprint density at radius 2 is 1.06 bits per heavy atom. The molecule has 9 nitrogen and oxygen atoms in total. The molecule has 2 N–H and O–H groups in total. The fourth-order valence-electron chi connectivity index (χ4n) is 6.15. The molecule has 2 atom stereocenters. The van der Waals surface area contributed by atoms with E-state index in [1.54, 1.807) is 7.05 Å². The van der Waals surface area contributed by atoms with Crippen LogP contribution >= 0.6 is 0 Å². The highest BCUT2D eigenvalue weighted by molar-refractivity contribution is 5.73. The van der Waals surface area contributed by atoms with Crippen LogP contribution in [0.15, 0.2) is 9.59 Å². The highest BCUT2D eigenvalue weighted by atomic mass is 16.5. The van der Waals surface area contributed by atoms with Gasteiger partial charge >= 0.3 is 11.9 Å². The van der Waals surface area contributed by atoms with Gasteiger partial charge in [0.2, 0.25) is 0 Å². The summed E-state index contributed by atoms with van der Waals surface area (Å²) in [5, 5.41) is 5.95. The Hall–Kier alpha value is -2.42. The molecule has 2 unspecified atom stereocenters. The largest absolute Gasteiger partial charge is 0.462 e. The summed E-state index contributed by atoms with van der Waals surface area (Å²) in [5.74, 6) is -0.107. The second-order valence-electron chi connectivity index (χ2n) is 13.5. The van der Waals surface area contributed by atoms with Gasteiger partial charge in [0, 0.05) is 26.4 Å². The minimum atomic E-state index is -0.452. The summed E-state index contributed by atoms with van der Waals surface area (Å²) < 4.78 is 11.5. The van der Waals surface area contributed by atoms with Gasteiger partial charge in [-0.3, -0.25) is 19.2 Å². The van der Waals surface area contributed by atoms with Gasteiger partial charge < -0.3 is 25.0 Å². The molecule has 0 saturated carbocycles. The second-order valence-corrected chi connectivity index (χ2v) is 13.5. The van der Waals surface area contributed by atoms with Gasteiger partial charge in [-0.25, -0.2) is 0 Å². The topological polar surface area (TPSA) is 114 Å². The number of carbonyl (C=O) groups is 2. The number of nitrogens with zero attached hydrogens (tertiary/aromatic N) is 1. The number of ether oxygens (including phenoxy) is 2. The standard InChI is InChI=1S/C39H71N3O6/c1-6-10-17-25-33(24-12-8-3)48-35(44)26-18-14-13-15-20-29-42(31-22-28-41-37-36(40-5)38(45)39(37)46)30-21-16-19-27-34(43)47-32(9-4)23-11-7-2/h32-33,40-41H,6-31H2,1-5H3. The van der Waals surface area contributed by atoms with Crippen molar-refractivity contribution < 1.29 is 19.1 Å². The number of hydrogen-bond donors (Lipinski definition) is 2. The molecule has 0 bridgehead atoms. The molecule has 0 aromatic heterocycles. The van der Waals surface area contributed by atoms with Crippen molar-refractivity contribution >= 4 is 23.3 Å². The molecular weight excluding hydrogens is 606 g/mol. The lowest BCUT2D eigenvalue weighted by Gasteiger charge is -2.23. The number of unbranched alkanes of at least 4 members (excludes halogenated alkanes) is 10. The first-order chi connectivity index (χ1) is 23.3. The number of carbonyl (C=O) groups excluding carboxylic acids is 2. The molecule has 1 rings (SSSR count). The lowest BCUT2D eigenvalue weighted by Crippen LogP contribution is -2.37. The summed E-state index contributed by atoms with van der Waals surface area (Å²) >= 11 is 0. The van der Waals surface area contributed by atoms with Gasteiger partial charge in [-0.2, -0.15) is 0 Å². The quantitative estimate of drug-likeness (QED) is 0.0429. The van der Waals surface area contributed by atoms with Crippen LogP contribution in [0.25, 0.3) is 0 Å². The monoisotopic (exact) mass is 678 g/mol. The molecule has 0 aliphatic rings. The van der Waals surface area contributed by atoms with Crippen molar-refractivity contribution in [3.05, 3.63) is 20.4 Å². The number of anilines is 2. The lowest BCUT2D eigenvalue weighted by atomic mass is 10.1. The van der Waals surface area contributed by atoms with Gasteiger partial charge in [0.05, 0.1) is 0 Å². The normalized spacial score (nSPS) is 12.7. The molecule has 0 amide bonds. The fourth-order valence-corrected chi connectivity index (χ4v) is 6.15. The average molecular weight is 678 g/mol. The van der Waals surface area contributed by atoms with Crippen molar-refractivity contribution in [2.45, 2.75) is 181 Å². The van der Waals surface area contributed by atoms with E-state index >= 15 is 0 Å². The van der Waals surface area contributed by atoms with Crippen LogP contribution in [-0.2, 0) is 19.1 Å². The Morgan fingerprint density at radius 3 is 1.65 bits per heavy atom. The zero-order valence-electron chi connectivity index (χ0n) is 31.4. The molecule has 0 spiro atoms. The van der Waals surface area contributed by atoms with Crippen molar-refractivity contribution in [1.82, 2.24) is 4.90 Å².